The summed E-state index contributed by atoms with van der Waals surface area (Å²) in [5.41, 5.74) is 4.17. The van der Waals surface area contributed by atoms with E-state index in [1.165, 1.54) is 15.8 Å². The normalized spacial score (nSPS) is 12.7. The molecular weight excluding hydrogens is 254 g/mol. The average Bonchev–Trinajstić information content (AvgIpc) is 2.98. The van der Waals surface area contributed by atoms with Crippen LogP contribution in [0, 0.1) is 0 Å². The molecule has 0 bridgehead atoms. The van der Waals surface area contributed by atoms with Gasteiger partial charge in [0, 0.05) is 22.7 Å². The van der Waals surface area contributed by atoms with E-state index in [0.717, 1.165) is 12.1 Å². The molecule has 1 N–H and O–H groups in total. The summed E-state index contributed by atoms with van der Waals surface area (Å²) in [5.74, 6) is 0. The van der Waals surface area contributed by atoms with E-state index in [4.69, 9.17) is 0 Å². The molecule has 0 saturated heterocycles. The molecule has 0 radical (unpaired) electrons. The van der Waals surface area contributed by atoms with Gasteiger partial charge in [0.25, 0.3) is 0 Å². The van der Waals surface area contributed by atoms with Crippen molar-refractivity contribution in [3.63, 3.8) is 0 Å². The summed E-state index contributed by atoms with van der Waals surface area (Å²) >= 11 is 1.68. The Morgan fingerprint density at radius 2 is 2.26 bits per heavy atom. The zero-order valence-electron chi connectivity index (χ0n) is 10.7. The van der Waals surface area contributed by atoms with Crippen LogP contribution < -0.4 is 5.32 Å². The van der Waals surface area contributed by atoms with Gasteiger partial charge in [-0.05, 0) is 30.3 Å². The zero-order chi connectivity index (χ0) is 13.1. The van der Waals surface area contributed by atoms with Gasteiger partial charge in [0.2, 0.25) is 0 Å². The molecule has 0 aliphatic carbocycles. The number of fused-ring (bicyclic) bond motifs is 1. The van der Waals surface area contributed by atoms with Crippen LogP contribution in [-0.4, -0.2) is 16.5 Å². The van der Waals surface area contributed by atoms with E-state index in [1.54, 1.807) is 11.3 Å². The van der Waals surface area contributed by atoms with Gasteiger partial charge in [-0.3, -0.25) is 9.97 Å². The molecule has 3 nitrogen and oxygen atoms in total. The lowest BCUT2D eigenvalue weighted by molar-refractivity contribution is 0.639. The van der Waals surface area contributed by atoms with Gasteiger partial charge in [-0.2, -0.15) is 0 Å². The van der Waals surface area contributed by atoms with E-state index in [9.17, 15) is 0 Å². The van der Waals surface area contributed by atoms with Crippen LogP contribution in [-0.2, 0) is 0 Å². The molecule has 3 rings (SSSR count). The predicted octanol–water partition coefficient (Wildman–Crippen LogP) is 3.39. The van der Waals surface area contributed by atoms with Crippen molar-refractivity contribution in [2.24, 2.45) is 0 Å². The molecule has 1 aromatic carbocycles. The highest BCUT2D eigenvalue weighted by molar-refractivity contribution is 7.09. The van der Waals surface area contributed by atoms with Crippen molar-refractivity contribution >= 4 is 22.2 Å². The molecule has 19 heavy (non-hydrogen) atoms. The van der Waals surface area contributed by atoms with Gasteiger partial charge < -0.3 is 5.32 Å². The Bertz CT molecular complexity index is 664. The van der Waals surface area contributed by atoms with Crippen molar-refractivity contribution in [3.05, 3.63) is 58.7 Å². The van der Waals surface area contributed by atoms with Crippen LogP contribution in [0.1, 0.15) is 23.4 Å². The van der Waals surface area contributed by atoms with Crippen LogP contribution in [0.15, 0.2) is 48.2 Å². The quantitative estimate of drug-likeness (QED) is 0.789. The second-order valence-electron chi connectivity index (χ2n) is 4.35. The van der Waals surface area contributed by atoms with Crippen molar-refractivity contribution in [2.75, 3.05) is 6.54 Å². The van der Waals surface area contributed by atoms with E-state index in [1.807, 2.05) is 24.0 Å². The molecule has 3 aromatic rings. The number of thiazole rings is 1. The first-order chi connectivity index (χ1) is 9.38. The van der Waals surface area contributed by atoms with E-state index in [0.29, 0.717) is 0 Å². The van der Waals surface area contributed by atoms with Gasteiger partial charge >= 0.3 is 0 Å². The minimum atomic E-state index is 0.210. The highest BCUT2D eigenvalue weighted by Crippen LogP contribution is 2.27. The number of rotatable bonds is 4. The number of nitrogens with zero attached hydrogens (tertiary/aromatic N) is 2. The number of benzene rings is 1. The maximum atomic E-state index is 4.36. The summed E-state index contributed by atoms with van der Waals surface area (Å²) in [7, 11) is 0. The van der Waals surface area contributed by atoms with Gasteiger partial charge in [-0.15, -0.1) is 11.3 Å². The highest BCUT2D eigenvalue weighted by atomic mass is 32.1. The van der Waals surface area contributed by atoms with Crippen molar-refractivity contribution in [3.8, 4) is 0 Å². The lowest BCUT2D eigenvalue weighted by atomic mass is 10.0. The monoisotopic (exact) mass is 269 g/mol. The number of pyridine rings is 1. The molecule has 96 valence electrons. The summed E-state index contributed by atoms with van der Waals surface area (Å²) < 4.78 is 0. The van der Waals surface area contributed by atoms with Gasteiger partial charge in [0.15, 0.2) is 0 Å². The van der Waals surface area contributed by atoms with Crippen LogP contribution in [0.4, 0.5) is 0 Å². The molecule has 0 spiro atoms. The second kappa shape index (κ2) is 5.47. The Labute approximate surface area is 116 Å². The Morgan fingerprint density at radius 3 is 3.05 bits per heavy atom. The summed E-state index contributed by atoms with van der Waals surface area (Å²) in [5, 5.41) is 4.69. The minimum absolute atomic E-state index is 0.210. The largest absolute Gasteiger partial charge is 0.306 e. The third kappa shape index (κ3) is 2.50. The number of hydrogen-bond donors (Lipinski definition) is 1. The first-order valence-corrected chi connectivity index (χ1v) is 7.23. The Kier molecular flexibility index (Phi) is 3.53. The molecule has 2 aromatic heterocycles. The highest BCUT2D eigenvalue weighted by Gasteiger charge is 2.14. The van der Waals surface area contributed by atoms with Crippen LogP contribution in [0.25, 0.3) is 10.9 Å². The van der Waals surface area contributed by atoms with Gasteiger partial charge in [-0.1, -0.05) is 19.1 Å². The molecule has 0 saturated carbocycles. The maximum absolute atomic E-state index is 4.36. The Balaban J connectivity index is 2.05. The summed E-state index contributed by atoms with van der Waals surface area (Å²) in [6.07, 6.45) is 3.76. The average molecular weight is 269 g/mol. The van der Waals surface area contributed by atoms with Crippen LogP contribution in [0.5, 0.6) is 0 Å². The molecule has 1 atom stereocenters. The molecule has 2 heterocycles. The summed E-state index contributed by atoms with van der Waals surface area (Å²) in [6.45, 7) is 3.05. The first kappa shape index (κ1) is 12.3. The molecule has 0 amide bonds. The van der Waals surface area contributed by atoms with Gasteiger partial charge in [-0.25, -0.2) is 0 Å². The van der Waals surface area contributed by atoms with E-state index in [-0.39, 0.29) is 6.04 Å². The molecule has 1 unspecified atom stereocenters. The van der Waals surface area contributed by atoms with Crippen LogP contribution in [0.2, 0.25) is 0 Å². The van der Waals surface area contributed by atoms with Crippen molar-refractivity contribution < 1.29 is 0 Å². The maximum Gasteiger partial charge on any atom is 0.0794 e. The van der Waals surface area contributed by atoms with Crippen LogP contribution >= 0.6 is 11.3 Å². The Hall–Kier alpha value is -1.78. The second-order valence-corrected chi connectivity index (χ2v) is 5.27. The SMILES string of the molecule is CCNC(c1ccc2ncccc2c1)c1cncs1. The van der Waals surface area contributed by atoms with Gasteiger partial charge in [0.1, 0.15) is 0 Å². The van der Waals surface area contributed by atoms with Gasteiger partial charge in [0.05, 0.1) is 17.1 Å². The fourth-order valence-corrected chi connectivity index (χ4v) is 2.95. The zero-order valence-corrected chi connectivity index (χ0v) is 11.5. The lowest BCUT2D eigenvalue weighted by Gasteiger charge is -2.17. The van der Waals surface area contributed by atoms with E-state index in [2.05, 4.69) is 46.5 Å². The third-order valence-corrected chi connectivity index (χ3v) is 3.94. The van der Waals surface area contributed by atoms with Crippen molar-refractivity contribution in [1.29, 1.82) is 0 Å². The minimum Gasteiger partial charge on any atom is -0.306 e. The predicted molar refractivity (Wildman–Crippen MR) is 79.4 cm³/mol. The van der Waals surface area contributed by atoms with E-state index >= 15 is 0 Å². The third-order valence-electron chi connectivity index (χ3n) is 3.10. The Morgan fingerprint density at radius 1 is 1.32 bits per heavy atom. The van der Waals surface area contributed by atoms with Crippen molar-refractivity contribution in [2.45, 2.75) is 13.0 Å². The number of hydrogen-bond acceptors (Lipinski definition) is 4. The molecule has 0 aliphatic heterocycles. The van der Waals surface area contributed by atoms with Crippen molar-refractivity contribution in [1.82, 2.24) is 15.3 Å². The summed E-state index contributed by atoms with van der Waals surface area (Å²) in [6, 6.07) is 10.7. The van der Waals surface area contributed by atoms with E-state index < -0.39 is 0 Å². The number of aromatic nitrogens is 2. The fourth-order valence-electron chi connectivity index (χ4n) is 2.23. The smallest absolute Gasteiger partial charge is 0.0794 e. The number of nitrogens with one attached hydrogen (secondary N) is 1. The molecular formula is C15H15N3S. The first-order valence-electron chi connectivity index (χ1n) is 6.35. The van der Waals surface area contributed by atoms with Crippen LogP contribution in [0.3, 0.4) is 0 Å². The molecule has 4 heteroatoms. The standard InChI is InChI=1S/C15H15N3S/c1-2-17-15(14-9-16-10-19-14)12-5-6-13-11(8-12)4-3-7-18-13/h3-10,15,17H,2H2,1H3. The molecule has 0 fully saturated rings. The molecule has 0 aliphatic rings. The lowest BCUT2D eigenvalue weighted by Crippen LogP contribution is -2.21. The fraction of sp³-hybridized carbons (Fsp3) is 0.200. The topological polar surface area (TPSA) is 37.8 Å². The summed E-state index contributed by atoms with van der Waals surface area (Å²) in [4.78, 5) is 9.78.